The molecule has 7 nitrogen and oxygen atoms in total. The van der Waals surface area contributed by atoms with E-state index in [4.69, 9.17) is 0 Å². The van der Waals surface area contributed by atoms with Gasteiger partial charge < -0.3 is 9.80 Å². The highest BCUT2D eigenvalue weighted by atomic mass is 16.2. The summed E-state index contributed by atoms with van der Waals surface area (Å²) in [6.07, 6.45) is 9.84. The fourth-order valence-corrected chi connectivity index (χ4v) is 4.30. The normalized spacial score (nSPS) is 26.6. The van der Waals surface area contributed by atoms with Crippen LogP contribution < -0.4 is 0 Å². The van der Waals surface area contributed by atoms with E-state index in [2.05, 4.69) is 15.0 Å². The number of hydrogen-bond acceptors (Lipinski definition) is 4. The third kappa shape index (κ3) is 3.55. The molecule has 0 radical (unpaired) electrons. The summed E-state index contributed by atoms with van der Waals surface area (Å²) in [6.45, 7) is 3.90. The van der Waals surface area contributed by atoms with Crippen LogP contribution in [0.25, 0.3) is 0 Å². The summed E-state index contributed by atoms with van der Waals surface area (Å²) in [6, 6.07) is 0. The van der Waals surface area contributed by atoms with Crippen LogP contribution in [0.2, 0.25) is 0 Å². The summed E-state index contributed by atoms with van der Waals surface area (Å²) in [5.41, 5.74) is -0.297. The van der Waals surface area contributed by atoms with Gasteiger partial charge in [-0.15, -0.1) is 0 Å². The molecule has 1 atom stereocenters. The largest absolute Gasteiger partial charge is 0.342 e. The van der Waals surface area contributed by atoms with Crippen molar-refractivity contribution in [1.29, 1.82) is 0 Å². The highest BCUT2D eigenvalue weighted by Gasteiger charge is 2.49. The van der Waals surface area contributed by atoms with Gasteiger partial charge in [-0.1, -0.05) is 0 Å². The molecule has 1 saturated carbocycles. The molecule has 1 aromatic heterocycles. The van der Waals surface area contributed by atoms with Gasteiger partial charge in [-0.2, -0.15) is 5.10 Å². The Balaban J connectivity index is 1.30. The van der Waals surface area contributed by atoms with Gasteiger partial charge in [-0.3, -0.25) is 14.3 Å². The van der Waals surface area contributed by atoms with Crippen molar-refractivity contribution in [3.8, 4) is 0 Å². The van der Waals surface area contributed by atoms with Crippen molar-refractivity contribution in [2.24, 2.45) is 11.3 Å². The molecule has 1 aliphatic carbocycles. The van der Waals surface area contributed by atoms with Gasteiger partial charge in [0.2, 0.25) is 11.8 Å². The Kier molecular flexibility index (Phi) is 4.48. The van der Waals surface area contributed by atoms with E-state index in [-0.39, 0.29) is 11.3 Å². The number of hydrogen-bond donors (Lipinski definition) is 0. The number of likely N-dealkylation sites (tertiary alicyclic amines) is 2. The molecule has 3 aliphatic rings. The minimum atomic E-state index is -0.297. The molecule has 4 rings (SSSR count). The molecule has 136 valence electrons. The van der Waals surface area contributed by atoms with Crippen molar-refractivity contribution < 1.29 is 9.59 Å². The van der Waals surface area contributed by atoms with Gasteiger partial charge in [-0.25, -0.2) is 4.98 Å². The SMILES string of the molecule is O=C(CCCn1cncn1)N1CC[C@]2(CCCN(CC3CC3)C2=O)C1. The molecule has 25 heavy (non-hydrogen) atoms. The van der Waals surface area contributed by atoms with Crippen LogP contribution in [0.1, 0.15) is 44.9 Å². The maximum Gasteiger partial charge on any atom is 0.230 e. The van der Waals surface area contributed by atoms with Gasteiger partial charge in [0.05, 0.1) is 5.41 Å². The van der Waals surface area contributed by atoms with E-state index in [9.17, 15) is 9.59 Å². The molecule has 2 aliphatic heterocycles. The van der Waals surface area contributed by atoms with Gasteiger partial charge in [0.1, 0.15) is 12.7 Å². The molecule has 0 N–H and O–H groups in total. The van der Waals surface area contributed by atoms with E-state index < -0.39 is 0 Å². The zero-order valence-corrected chi connectivity index (χ0v) is 14.8. The Bertz CT molecular complexity index is 627. The predicted octanol–water partition coefficient (Wildman–Crippen LogP) is 1.31. The lowest BCUT2D eigenvalue weighted by molar-refractivity contribution is -0.146. The lowest BCUT2D eigenvalue weighted by Crippen LogP contribution is -2.50. The van der Waals surface area contributed by atoms with Crippen LogP contribution in [0.15, 0.2) is 12.7 Å². The molecule has 2 saturated heterocycles. The summed E-state index contributed by atoms with van der Waals surface area (Å²) in [7, 11) is 0. The molecule has 3 fully saturated rings. The van der Waals surface area contributed by atoms with Gasteiger partial charge >= 0.3 is 0 Å². The van der Waals surface area contributed by atoms with Crippen LogP contribution in [-0.2, 0) is 16.1 Å². The molecule has 1 aromatic rings. The van der Waals surface area contributed by atoms with Crippen molar-refractivity contribution in [2.45, 2.75) is 51.5 Å². The monoisotopic (exact) mass is 345 g/mol. The van der Waals surface area contributed by atoms with Crippen LogP contribution in [-0.4, -0.2) is 62.6 Å². The summed E-state index contributed by atoms with van der Waals surface area (Å²) < 4.78 is 1.75. The second-order valence-electron chi connectivity index (χ2n) is 7.91. The average Bonchev–Trinajstić information content (AvgIpc) is 3.10. The van der Waals surface area contributed by atoms with Crippen molar-refractivity contribution in [3.63, 3.8) is 0 Å². The average molecular weight is 345 g/mol. The molecular weight excluding hydrogens is 318 g/mol. The third-order valence-corrected chi connectivity index (χ3v) is 5.95. The molecule has 0 aromatic carbocycles. The highest BCUT2D eigenvalue weighted by molar-refractivity contribution is 5.86. The number of aromatic nitrogens is 3. The number of carbonyl (C=O) groups excluding carboxylic acids is 2. The first-order valence-corrected chi connectivity index (χ1v) is 9.56. The van der Waals surface area contributed by atoms with E-state index in [0.29, 0.717) is 25.4 Å². The van der Waals surface area contributed by atoms with Crippen molar-refractivity contribution in [2.75, 3.05) is 26.2 Å². The predicted molar refractivity (Wildman–Crippen MR) is 91.4 cm³/mol. The summed E-state index contributed by atoms with van der Waals surface area (Å²) in [4.78, 5) is 33.5. The number of nitrogens with zero attached hydrogens (tertiary/aromatic N) is 5. The summed E-state index contributed by atoms with van der Waals surface area (Å²) >= 11 is 0. The van der Waals surface area contributed by atoms with E-state index in [1.807, 2.05) is 4.90 Å². The van der Waals surface area contributed by atoms with Gasteiger partial charge in [0, 0.05) is 39.1 Å². The maximum atomic E-state index is 13.0. The van der Waals surface area contributed by atoms with Gasteiger partial charge in [-0.05, 0) is 44.4 Å². The van der Waals surface area contributed by atoms with Crippen molar-refractivity contribution >= 4 is 11.8 Å². The Morgan fingerprint density at radius 1 is 1.28 bits per heavy atom. The van der Waals surface area contributed by atoms with Crippen molar-refractivity contribution in [1.82, 2.24) is 24.6 Å². The molecule has 2 amide bonds. The molecule has 3 heterocycles. The minimum Gasteiger partial charge on any atom is -0.342 e. The maximum absolute atomic E-state index is 13.0. The van der Waals surface area contributed by atoms with Crippen LogP contribution >= 0.6 is 0 Å². The number of aryl methyl sites for hydroxylation is 1. The quantitative estimate of drug-likeness (QED) is 0.779. The zero-order chi connectivity index (χ0) is 17.3. The molecule has 0 unspecified atom stereocenters. The molecular formula is C18H27N5O2. The van der Waals surface area contributed by atoms with Crippen LogP contribution in [0.5, 0.6) is 0 Å². The summed E-state index contributed by atoms with van der Waals surface area (Å²) in [5, 5.41) is 4.06. The zero-order valence-electron chi connectivity index (χ0n) is 14.8. The van der Waals surface area contributed by atoms with Crippen LogP contribution in [0.3, 0.4) is 0 Å². The lowest BCUT2D eigenvalue weighted by Gasteiger charge is -2.39. The second-order valence-corrected chi connectivity index (χ2v) is 7.91. The van der Waals surface area contributed by atoms with Gasteiger partial charge in [0.15, 0.2) is 0 Å². The number of amides is 2. The molecule has 1 spiro atoms. The first-order valence-electron chi connectivity index (χ1n) is 9.56. The number of piperidine rings is 1. The third-order valence-electron chi connectivity index (χ3n) is 5.95. The number of carbonyl (C=O) groups is 2. The van der Waals surface area contributed by atoms with E-state index in [0.717, 1.165) is 51.2 Å². The Morgan fingerprint density at radius 2 is 2.16 bits per heavy atom. The van der Waals surface area contributed by atoms with E-state index in [1.165, 1.54) is 19.2 Å². The summed E-state index contributed by atoms with van der Waals surface area (Å²) in [5.74, 6) is 1.21. The molecule has 7 heteroatoms. The smallest absolute Gasteiger partial charge is 0.230 e. The first kappa shape index (κ1) is 16.5. The van der Waals surface area contributed by atoms with Gasteiger partial charge in [0.25, 0.3) is 0 Å². The topological polar surface area (TPSA) is 71.3 Å². The Morgan fingerprint density at radius 3 is 2.92 bits per heavy atom. The fourth-order valence-electron chi connectivity index (χ4n) is 4.30. The Hall–Kier alpha value is -1.92. The second kappa shape index (κ2) is 6.77. The Labute approximate surface area is 148 Å². The highest BCUT2D eigenvalue weighted by Crippen LogP contribution is 2.41. The van der Waals surface area contributed by atoms with Crippen LogP contribution in [0.4, 0.5) is 0 Å². The standard InChI is InChI=1S/C18H27N5O2/c24-16(3-1-9-23-14-19-13-20-23)22-10-7-18(12-22)6-2-8-21(17(18)25)11-15-4-5-15/h13-15H,1-12H2/t18-/m1/s1. The fraction of sp³-hybridized carbons (Fsp3) is 0.778. The minimum absolute atomic E-state index is 0.170. The first-order chi connectivity index (χ1) is 12.2. The van der Waals surface area contributed by atoms with Crippen LogP contribution in [0, 0.1) is 11.3 Å². The lowest BCUT2D eigenvalue weighted by atomic mass is 9.78. The van der Waals surface area contributed by atoms with E-state index >= 15 is 0 Å². The molecule has 0 bridgehead atoms. The van der Waals surface area contributed by atoms with E-state index in [1.54, 1.807) is 11.0 Å². The van der Waals surface area contributed by atoms with Crippen molar-refractivity contribution in [3.05, 3.63) is 12.7 Å². The number of rotatable bonds is 6.